The maximum atomic E-state index is 13.0. The SMILES string of the molecule is CCC[C@H]1NC(=O)N(CN2CCN(S(=O)(=O)c3ccc(C)cc3C)CC2)C1=O. The Hall–Kier alpha value is -1.97. The van der Waals surface area contributed by atoms with Gasteiger partial charge >= 0.3 is 6.03 Å². The van der Waals surface area contributed by atoms with Gasteiger partial charge in [-0.25, -0.2) is 18.1 Å². The molecule has 0 saturated carbocycles. The monoisotopic (exact) mass is 408 g/mol. The molecular weight excluding hydrogens is 380 g/mol. The van der Waals surface area contributed by atoms with E-state index in [2.05, 4.69) is 5.32 Å². The van der Waals surface area contributed by atoms with Crippen LogP contribution in [0.3, 0.4) is 0 Å². The number of benzene rings is 1. The highest BCUT2D eigenvalue weighted by Crippen LogP contribution is 2.22. The molecule has 0 spiro atoms. The van der Waals surface area contributed by atoms with E-state index in [1.807, 2.05) is 24.8 Å². The van der Waals surface area contributed by atoms with Crippen molar-refractivity contribution in [3.05, 3.63) is 29.3 Å². The summed E-state index contributed by atoms with van der Waals surface area (Å²) >= 11 is 0. The first-order valence-electron chi connectivity index (χ1n) is 9.65. The van der Waals surface area contributed by atoms with Crippen LogP contribution in [0.2, 0.25) is 0 Å². The van der Waals surface area contributed by atoms with Gasteiger partial charge in [0.1, 0.15) is 6.04 Å². The summed E-state index contributed by atoms with van der Waals surface area (Å²) in [5.74, 6) is -0.197. The fourth-order valence-electron chi connectivity index (χ4n) is 3.73. The highest BCUT2D eigenvalue weighted by atomic mass is 32.2. The molecule has 3 rings (SSSR count). The third kappa shape index (κ3) is 4.06. The Morgan fingerprint density at radius 1 is 1.11 bits per heavy atom. The minimum Gasteiger partial charge on any atom is -0.326 e. The number of carbonyl (C=O) groups excluding carboxylic acids is 2. The molecule has 0 unspecified atom stereocenters. The molecule has 3 amide bonds. The fourth-order valence-corrected chi connectivity index (χ4v) is 5.36. The minimum atomic E-state index is -3.55. The second-order valence-corrected chi connectivity index (χ2v) is 9.40. The number of nitrogens with one attached hydrogen (secondary N) is 1. The number of hydrogen-bond acceptors (Lipinski definition) is 5. The van der Waals surface area contributed by atoms with Crippen LogP contribution < -0.4 is 5.32 Å². The predicted octanol–water partition coefficient (Wildman–Crippen LogP) is 1.29. The van der Waals surface area contributed by atoms with Gasteiger partial charge in [-0.15, -0.1) is 0 Å². The first-order valence-corrected chi connectivity index (χ1v) is 11.1. The Labute approximate surface area is 166 Å². The summed E-state index contributed by atoms with van der Waals surface area (Å²) in [7, 11) is -3.55. The zero-order valence-corrected chi connectivity index (χ0v) is 17.5. The van der Waals surface area contributed by atoms with E-state index < -0.39 is 16.1 Å². The molecule has 2 aliphatic heterocycles. The topological polar surface area (TPSA) is 90.0 Å². The number of urea groups is 1. The molecule has 8 nitrogen and oxygen atoms in total. The van der Waals surface area contributed by atoms with Gasteiger partial charge < -0.3 is 5.32 Å². The zero-order chi connectivity index (χ0) is 20.5. The number of imide groups is 1. The number of hydrogen-bond donors (Lipinski definition) is 1. The van der Waals surface area contributed by atoms with Gasteiger partial charge in [0, 0.05) is 26.2 Å². The average molecular weight is 409 g/mol. The fraction of sp³-hybridized carbons (Fsp3) is 0.579. The van der Waals surface area contributed by atoms with E-state index in [1.54, 1.807) is 19.1 Å². The minimum absolute atomic E-state index is 0.197. The summed E-state index contributed by atoms with van der Waals surface area (Å²) in [6, 6.07) is 4.53. The van der Waals surface area contributed by atoms with Crippen LogP contribution in [0.25, 0.3) is 0 Å². The van der Waals surface area contributed by atoms with Crippen molar-refractivity contribution in [3.8, 4) is 0 Å². The average Bonchev–Trinajstić information content (AvgIpc) is 2.90. The van der Waals surface area contributed by atoms with Gasteiger partial charge in [-0.3, -0.25) is 9.69 Å². The molecule has 1 aromatic carbocycles. The van der Waals surface area contributed by atoms with Gasteiger partial charge in [-0.1, -0.05) is 31.0 Å². The second kappa shape index (κ2) is 8.18. The van der Waals surface area contributed by atoms with E-state index in [-0.39, 0.29) is 18.6 Å². The normalized spacial score (nSPS) is 22.0. The summed E-state index contributed by atoms with van der Waals surface area (Å²) < 4.78 is 27.4. The van der Waals surface area contributed by atoms with Gasteiger partial charge in [0.25, 0.3) is 5.91 Å². The van der Waals surface area contributed by atoms with E-state index in [0.29, 0.717) is 37.5 Å². The smallest absolute Gasteiger partial charge is 0.325 e. The number of nitrogens with zero attached hydrogens (tertiary/aromatic N) is 3. The quantitative estimate of drug-likeness (QED) is 0.717. The Morgan fingerprint density at radius 3 is 2.39 bits per heavy atom. The van der Waals surface area contributed by atoms with Crippen molar-refractivity contribution in [1.82, 2.24) is 19.4 Å². The summed E-state index contributed by atoms with van der Waals surface area (Å²) in [6.45, 7) is 7.51. The molecule has 2 saturated heterocycles. The summed E-state index contributed by atoms with van der Waals surface area (Å²) in [5.41, 5.74) is 1.76. The largest absolute Gasteiger partial charge is 0.326 e. The Bertz CT molecular complexity index is 863. The van der Waals surface area contributed by atoms with Crippen LogP contribution in [0.1, 0.15) is 30.9 Å². The van der Waals surface area contributed by atoms with E-state index in [9.17, 15) is 18.0 Å². The van der Waals surface area contributed by atoms with E-state index in [0.717, 1.165) is 17.5 Å². The molecule has 0 bridgehead atoms. The third-order valence-electron chi connectivity index (χ3n) is 5.31. The predicted molar refractivity (Wildman–Crippen MR) is 105 cm³/mol. The lowest BCUT2D eigenvalue weighted by Gasteiger charge is -2.35. The molecular formula is C19H28N4O4S. The molecule has 0 aromatic heterocycles. The van der Waals surface area contributed by atoms with Crippen LogP contribution in [-0.4, -0.2) is 73.4 Å². The molecule has 154 valence electrons. The molecule has 2 aliphatic rings. The molecule has 0 aliphatic carbocycles. The van der Waals surface area contributed by atoms with Crippen LogP contribution in [0.4, 0.5) is 4.79 Å². The van der Waals surface area contributed by atoms with Crippen molar-refractivity contribution >= 4 is 22.0 Å². The van der Waals surface area contributed by atoms with Crippen LogP contribution >= 0.6 is 0 Å². The van der Waals surface area contributed by atoms with Crippen molar-refractivity contribution in [3.63, 3.8) is 0 Å². The van der Waals surface area contributed by atoms with E-state index in [4.69, 9.17) is 0 Å². The van der Waals surface area contributed by atoms with Gasteiger partial charge in [0.2, 0.25) is 10.0 Å². The van der Waals surface area contributed by atoms with Crippen molar-refractivity contribution < 1.29 is 18.0 Å². The molecule has 28 heavy (non-hydrogen) atoms. The number of piperazine rings is 1. The van der Waals surface area contributed by atoms with Crippen LogP contribution in [-0.2, 0) is 14.8 Å². The molecule has 2 fully saturated rings. The molecule has 1 N–H and O–H groups in total. The van der Waals surface area contributed by atoms with Gasteiger partial charge in [0.15, 0.2) is 0 Å². The zero-order valence-electron chi connectivity index (χ0n) is 16.6. The lowest BCUT2D eigenvalue weighted by atomic mass is 10.2. The van der Waals surface area contributed by atoms with Gasteiger partial charge in [0.05, 0.1) is 11.6 Å². The summed E-state index contributed by atoms with van der Waals surface area (Å²) in [6.07, 6.45) is 1.45. The standard InChI is InChI=1S/C19H28N4O4S/c1-4-5-16-18(24)23(19(25)20-16)13-21-8-10-22(11-9-21)28(26,27)17-7-6-14(2)12-15(17)3/h6-7,12,16H,4-5,8-11,13H2,1-3H3,(H,20,25)/t16-/m1/s1. The van der Waals surface area contributed by atoms with Gasteiger partial charge in [-0.05, 0) is 31.9 Å². The van der Waals surface area contributed by atoms with Crippen molar-refractivity contribution in [1.29, 1.82) is 0 Å². The Balaban J connectivity index is 1.61. The molecule has 1 aromatic rings. The summed E-state index contributed by atoms with van der Waals surface area (Å²) in [4.78, 5) is 28.0. The Morgan fingerprint density at radius 2 is 1.79 bits per heavy atom. The highest BCUT2D eigenvalue weighted by Gasteiger charge is 2.39. The van der Waals surface area contributed by atoms with Crippen LogP contribution in [0, 0.1) is 13.8 Å². The van der Waals surface area contributed by atoms with Crippen molar-refractivity contribution in [2.75, 3.05) is 32.8 Å². The van der Waals surface area contributed by atoms with Crippen LogP contribution in [0.15, 0.2) is 23.1 Å². The molecule has 0 radical (unpaired) electrons. The number of amides is 3. The third-order valence-corrected chi connectivity index (χ3v) is 7.36. The number of rotatable bonds is 6. The van der Waals surface area contributed by atoms with Gasteiger partial charge in [-0.2, -0.15) is 4.31 Å². The number of aryl methyl sites for hydroxylation is 2. The lowest BCUT2D eigenvalue weighted by Crippen LogP contribution is -2.52. The van der Waals surface area contributed by atoms with Crippen molar-refractivity contribution in [2.24, 2.45) is 0 Å². The lowest BCUT2D eigenvalue weighted by molar-refractivity contribution is -0.129. The molecule has 9 heteroatoms. The second-order valence-electron chi connectivity index (χ2n) is 7.49. The maximum absolute atomic E-state index is 13.0. The number of sulfonamides is 1. The highest BCUT2D eigenvalue weighted by molar-refractivity contribution is 7.89. The van der Waals surface area contributed by atoms with Crippen molar-refractivity contribution in [2.45, 2.75) is 44.6 Å². The maximum Gasteiger partial charge on any atom is 0.325 e. The van der Waals surface area contributed by atoms with Crippen LogP contribution in [0.5, 0.6) is 0 Å². The first-order chi connectivity index (χ1) is 13.2. The van der Waals surface area contributed by atoms with E-state index >= 15 is 0 Å². The Kier molecular flexibility index (Phi) is 6.07. The molecule has 2 heterocycles. The van der Waals surface area contributed by atoms with E-state index in [1.165, 1.54) is 9.21 Å². The summed E-state index contributed by atoms with van der Waals surface area (Å²) in [5, 5.41) is 2.71. The first kappa shape index (κ1) is 20.8. The number of carbonyl (C=O) groups is 2. The molecule has 1 atom stereocenters.